The Balaban J connectivity index is 1.77. The van der Waals surface area contributed by atoms with Gasteiger partial charge in [0.25, 0.3) is 0 Å². The highest BCUT2D eigenvalue weighted by Gasteiger charge is 2.47. The standard InChI is InChI=1S/C34H56N2O9/c1-8-26(38)24(4)31-27(43-31)21-33(5,41)14-9-10-22(2)30-23(3)11-12-28(44-32(40)36-18-16-35-17-19-36)34(6,42-7)15-13-25(37)20-29(39)45-30/h9-12,14,23-28,30-31,35,37-38,41H,8,13,15-21H2,1-7H3/b12-11?,14-9+,22-10+/t23?,24-,25?,26+,27-,28?,30?,31-,33?,34?/m1/s1. The fourth-order valence-corrected chi connectivity index (χ4v) is 6.04. The number of carbonyl (C=O) groups excluding carboxylic acids is 2. The largest absolute Gasteiger partial charge is 0.457 e. The molecular formula is C34H56N2O9. The molecule has 11 heteroatoms. The lowest BCUT2D eigenvalue weighted by Gasteiger charge is -2.37. The van der Waals surface area contributed by atoms with E-state index in [0.29, 0.717) is 45.4 Å². The van der Waals surface area contributed by atoms with E-state index in [2.05, 4.69) is 5.32 Å². The summed E-state index contributed by atoms with van der Waals surface area (Å²) < 4.78 is 23.5. The molecule has 6 unspecified atom stereocenters. The second-order valence-electron chi connectivity index (χ2n) is 13.4. The summed E-state index contributed by atoms with van der Waals surface area (Å²) in [4.78, 5) is 27.6. The summed E-state index contributed by atoms with van der Waals surface area (Å²) in [6.45, 7) is 13.7. The zero-order valence-electron chi connectivity index (χ0n) is 28.1. The van der Waals surface area contributed by atoms with Crippen LogP contribution < -0.4 is 5.32 Å². The van der Waals surface area contributed by atoms with Crippen LogP contribution in [0.2, 0.25) is 0 Å². The molecule has 3 aliphatic heterocycles. The number of amides is 1. The summed E-state index contributed by atoms with van der Waals surface area (Å²) in [6.07, 6.45) is 6.95. The Labute approximate surface area is 268 Å². The molecule has 2 fully saturated rings. The first-order chi connectivity index (χ1) is 21.2. The smallest absolute Gasteiger partial charge is 0.410 e. The minimum Gasteiger partial charge on any atom is -0.457 e. The normalized spacial score (nSPS) is 34.7. The van der Waals surface area contributed by atoms with E-state index in [1.165, 1.54) is 0 Å². The SMILES string of the molecule is CC[C@H](O)[C@@H](C)[C@H]1O[C@@H]1CC(C)(O)/C=C/C=C(\C)C1OC(=O)CC(O)CCC(C)(OC)C(OC(=O)N2CCNCC2)C=CC1C. The van der Waals surface area contributed by atoms with Crippen molar-refractivity contribution in [1.29, 1.82) is 0 Å². The van der Waals surface area contributed by atoms with Gasteiger partial charge < -0.3 is 44.5 Å². The lowest BCUT2D eigenvalue weighted by Crippen LogP contribution is -2.50. The lowest BCUT2D eigenvalue weighted by molar-refractivity contribution is -0.151. The summed E-state index contributed by atoms with van der Waals surface area (Å²) >= 11 is 0. The molecule has 10 atom stereocenters. The predicted molar refractivity (Wildman–Crippen MR) is 170 cm³/mol. The van der Waals surface area contributed by atoms with Gasteiger partial charge in [-0.05, 0) is 51.7 Å². The molecule has 0 spiro atoms. The fourth-order valence-electron chi connectivity index (χ4n) is 6.04. The number of esters is 1. The fraction of sp³-hybridized carbons (Fsp3) is 0.765. The second kappa shape index (κ2) is 16.5. The number of cyclic esters (lactones) is 1. The second-order valence-corrected chi connectivity index (χ2v) is 13.4. The monoisotopic (exact) mass is 636 g/mol. The molecule has 45 heavy (non-hydrogen) atoms. The first-order valence-corrected chi connectivity index (χ1v) is 16.4. The Hall–Kier alpha value is -2.28. The van der Waals surface area contributed by atoms with Gasteiger partial charge in [-0.1, -0.05) is 45.1 Å². The van der Waals surface area contributed by atoms with E-state index in [1.54, 1.807) is 43.2 Å². The number of rotatable bonds is 10. The van der Waals surface area contributed by atoms with Crippen molar-refractivity contribution in [2.75, 3.05) is 33.3 Å². The number of hydrogen-bond donors (Lipinski definition) is 4. The van der Waals surface area contributed by atoms with Crippen molar-refractivity contribution in [1.82, 2.24) is 10.2 Å². The molecule has 0 aromatic heterocycles. The number of nitrogens with zero attached hydrogens (tertiary/aromatic N) is 1. The van der Waals surface area contributed by atoms with Gasteiger partial charge in [0.2, 0.25) is 0 Å². The Bertz CT molecular complexity index is 1070. The molecule has 0 aliphatic carbocycles. The number of nitrogens with one attached hydrogen (secondary N) is 1. The highest BCUT2D eigenvalue weighted by molar-refractivity contribution is 5.70. The number of piperazine rings is 1. The maximum Gasteiger partial charge on any atom is 0.410 e. The summed E-state index contributed by atoms with van der Waals surface area (Å²) in [7, 11) is 1.55. The molecule has 3 rings (SSSR count). The first-order valence-electron chi connectivity index (χ1n) is 16.4. The average Bonchev–Trinajstić information content (AvgIpc) is 3.77. The van der Waals surface area contributed by atoms with E-state index < -0.39 is 47.7 Å². The zero-order chi connectivity index (χ0) is 33.4. The van der Waals surface area contributed by atoms with Crippen LogP contribution in [0.4, 0.5) is 4.79 Å². The predicted octanol–water partition coefficient (Wildman–Crippen LogP) is 3.27. The Morgan fingerprint density at radius 2 is 2.00 bits per heavy atom. The van der Waals surface area contributed by atoms with Gasteiger partial charge in [-0.3, -0.25) is 4.79 Å². The van der Waals surface area contributed by atoms with Crippen molar-refractivity contribution in [2.24, 2.45) is 11.8 Å². The number of allylic oxidation sites excluding steroid dienone is 2. The van der Waals surface area contributed by atoms with E-state index in [-0.39, 0.29) is 36.9 Å². The van der Waals surface area contributed by atoms with E-state index >= 15 is 0 Å². The number of hydrogen-bond acceptors (Lipinski definition) is 10. The zero-order valence-corrected chi connectivity index (χ0v) is 28.1. The molecular weight excluding hydrogens is 580 g/mol. The van der Waals surface area contributed by atoms with Gasteiger partial charge in [-0.2, -0.15) is 0 Å². The van der Waals surface area contributed by atoms with Gasteiger partial charge in [0.05, 0.1) is 36.4 Å². The van der Waals surface area contributed by atoms with E-state index in [0.717, 1.165) is 5.57 Å². The van der Waals surface area contributed by atoms with Crippen molar-refractivity contribution in [3.05, 3.63) is 36.0 Å². The van der Waals surface area contributed by atoms with Crippen LogP contribution in [0.1, 0.15) is 73.6 Å². The molecule has 0 aromatic carbocycles. The molecule has 256 valence electrons. The Kier molecular flexibility index (Phi) is 13.6. The number of carbonyl (C=O) groups is 2. The minimum atomic E-state index is -1.14. The van der Waals surface area contributed by atoms with Gasteiger partial charge in [-0.15, -0.1) is 0 Å². The van der Waals surface area contributed by atoms with E-state index in [1.807, 2.05) is 40.7 Å². The topological polar surface area (TPSA) is 150 Å². The third-order valence-electron chi connectivity index (χ3n) is 9.42. The highest BCUT2D eigenvalue weighted by Crippen LogP contribution is 2.37. The van der Waals surface area contributed by atoms with Crippen LogP contribution in [0, 0.1) is 11.8 Å². The number of ether oxygens (including phenoxy) is 4. The van der Waals surface area contributed by atoms with Gasteiger partial charge in [0.1, 0.15) is 11.7 Å². The van der Waals surface area contributed by atoms with Crippen LogP contribution in [0.5, 0.6) is 0 Å². The molecule has 0 bridgehead atoms. The molecule has 0 saturated carbocycles. The summed E-state index contributed by atoms with van der Waals surface area (Å²) in [5.41, 5.74) is -1.34. The van der Waals surface area contributed by atoms with Crippen molar-refractivity contribution in [2.45, 2.75) is 121 Å². The third-order valence-corrected chi connectivity index (χ3v) is 9.42. The Morgan fingerprint density at radius 1 is 1.31 bits per heavy atom. The maximum absolute atomic E-state index is 13.1. The Morgan fingerprint density at radius 3 is 2.64 bits per heavy atom. The van der Waals surface area contributed by atoms with Crippen molar-refractivity contribution < 1.29 is 43.9 Å². The van der Waals surface area contributed by atoms with Crippen LogP contribution in [-0.4, -0.2) is 113 Å². The highest BCUT2D eigenvalue weighted by atomic mass is 16.6. The summed E-state index contributed by atoms with van der Waals surface area (Å²) in [5, 5.41) is 35.0. The number of methoxy groups -OCH3 is 1. The van der Waals surface area contributed by atoms with Crippen LogP contribution in [-0.2, 0) is 23.7 Å². The minimum absolute atomic E-state index is 0.00213. The number of aliphatic hydroxyl groups excluding tert-OH is 2. The lowest BCUT2D eigenvalue weighted by atomic mass is 9.88. The van der Waals surface area contributed by atoms with Crippen LogP contribution in [0.25, 0.3) is 0 Å². The molecule has 11 nitrogen and oxygen atoms in total. The van der Waals surface area contributed by atoms with Gasteiger partial charge in [0.15, 0.2) is 6.10 Å². The van der Waals surface area contributed by atoms with Gasteiger partial charge in [-0.25, -0.2) is 4.79 Å². The third kappa shape index (κ3) is 10.9. The quantitative estimate of drug-likeness (QED) is 0.122. The average molecular weight is 637 g/mol. The molecule has 1 amide bonds. The summed E-state index contributed by atoms with van der Waals surface area (Å²) in [5.74, 6) is -0.833. The van der Waals surface area contributed by atoms with Crippen molar-refractivity contribution >= 4 is 12.1 Å². The van der Waals surface area contributed by atoms with Gasteiger partial charge >= 0.3 is 12.1 Å². The molecule has 2 saturated heterocycles. The molecule has 4 N–H and O–H groups in total. The number of aliphatic hydroxyl groups is 3. The van der Waals surface area contributed by atoms with Crippen LogP contribution >= 0.6 is 0 Å². The molecule has 0 radical (unpaired) electrons. The number of epoxide rings is 1. The van der Waals surface area contributed by atoms with Crippen LogP contribution in [0.15, 0.2) is 36.0 Å². The van der Waals surface area contributed by atoms with E-state index in [4.69, 9.17) is 18.9 Å². The molecule has 0 aromatic rings. The van der Waals surface area contributed by atoms with E-state index in [9.17, 15) is 24.9 Å². The van der Waals surface area contributed by atoms with Gasteiger partial charge in [0, 0.05) is 51.5 Å². The molecule has 3 heterocycles. The van der Waals surface area contributed by atoms with Crippen LogP contribution in [0.3, 0.4) is 0 Å². The molecule has 3 aliphatic rings. The van der Waals surface area contributed by atoms with Crippen molar-refractivity contribution in [3.63, 3.8) is 0 Å². The first kappa shape index (κ1) is 37.2. The van der Waals surface area contributed by atoms with Crippen molar-refractivity contribution in [3.8, 4) is 0 Å². The summed E-state index contributed by atoms with van der Waals surface area (Å²) in [6, 6.07) is 0. The maximum atomic E-state index is 13.1.